The summed E-state index contributed by atoms with van der Waals surface area (Å²) < 4.78 is 7.74. The zero-order valence-corrected chi connectivity index (χ0v) is 15.2. The highest BCUT2D eigenvalue weighted by Gasteiger charge is 2.11. The number of aryl methyl sites for hydroxylation is 1. The zero-order chi connectivity index (χ0) is 15.4. The number of rotatable bonds is 5. The Labute approximate surface area is 142 Å². The van der Waals surface area contributed by atoms with E-state index in [1.807, 2.05) is 26.0 Å². The van der Waals surface area contributed by atoms with E-state index < -0.39 is 0 Å². The quantitative estimate of drug-likeness (QED) is 0.790. The van der Waals surface area contributed by atoms with Crippen molar-refractivity contribution in [2.75, 3.05) is 0 Å². The monoisotopic (exact) mass is 412 g/mol. The molecule has 0 saturated heterocycles. The number of halogens is 2. The number of ether oxygens (including phenoxy) is 1. The van der Waals surface area contributed by atoms with Crippen molar-refractivity contribution in [1.29, 1.82) is 0 Å². The Balaban J connectivity index is 2.15. The van der Waals surface area contributed by atoms with E-state index in [9.17, 15) is 0 Å². The number of pyridine rings is 1. The van der Waals surface area contributed by atoms with E-state index in [2.05, 4.69) is 49.0 Å². The van der Waals surface area contributed by atoms with Crippen LogP contribution in [-0.4, -0.2) is 11.0 Å². The predicted molar refractivity (Wildman–Crippen MR) is 92.5 cm³/mol. The number of aromatic nitrogens is 1. The van der Waals surface area contributed by atoms with E-state index in [-0.39, 0.29) is 6.04 Å². The average Bonchev–Trinajstić information content (AvgIpc) is 2.39. The molecule has 1 aromatic carbocycles. The van der Waals surface area contributed by atoms with Gasteiger partial charge in [-0.2, -0.15) is 0 Å². The number of hydrogen-bond donors (Lipinski definition) is 1. The van der Waals surface area contributed by atoms with Crippen molar-refractivity contribution in [2.45, 2.75) is 32.9 Å². The number of hydrogen-bond acceptors (Lipinski definition) is 3. The molecule has 0 saturated carbocycles. The molecule has 3 nitrogen and oxygen atoms in total. The van der Waals surface area contributed by atoms with Gasteiger partial charge in [-0.05, 0) is 81.5 Å². The second-order valence-electron chi connectivity index (χ2n) is 5.13. The van der Waals surface area contributed by atoms with Crippen molar-refractivity contribution in [2.24, 2.45) is 5.73 Å². The number of benzene rings is 1. The lowest BCUT2D eigenvalue weighted by atomic mass is 10.1. The largest absolute Gasteiger partial charge is 0.485 e. The van der Waals surface area contributed by atoms with Crippen LogP contribution >= 0.6 is 31.9 Å². The summed E-state index contributed by atoms with van der Waals surface area (Å²) in [4.78, 5) is 4.34. The van der Waals surface area contributed by atoms with Crippen LogP contribution in [0.25, 0.3) is 0 Å². The summed E-state index contributed by atoms with van der Waals surface area (Å²) in [7, 11) is 0. The summed E-state index contributed by atoms with van der Waals surface area (Å²) in [6.07, 6.45) is 2.61. The molecule has 112 valence electrons. The molecular formula is C16H18Br2N2O. The third-order valence-corrected chi connectivity index (χ3v) is 4.26. The van der Waals surface area contributed by atoms with Crippen LogP contribution in [0.2, 0.25) is 0 Å². The van der Waals surface area contributed by atoms with Gasteiger partial charge in [-0.25, -0.2) is 0 Å². The fourth-order valence-corrected chi connectivity index (χ4v) is 3.56. The Morgan fingerprint density at radius 3 is 2.52 bits per heavy atom. The summed E-state index contributed by atoms with van der Waals surface area (Å²) in [5.41, 5.74) is 9.08. The summed E-state index contributed by atoms with van der Waals surface area (Å²) in [5.74, 6) is 0.786. The molecule has 21 heavy (non-hydrogen) atoms. The highest BCUT2D eigenvalue weighted by molar-refractivity contribution is 9.11. The van der Waals surface area contributed by atoms with Gasteiger partial charge in [-0.15, -0.1) is 0 Å². The third kappa shape index (κ3) is 4.53. The van der Waals surface area contributed by atoms with Gasteiger partial charge in [-0.3, -0.25) is 4.98 Å². The molecule has 1 aromatic heterocycles. The Bertz CT molecular complexity index is 606. The Morgan fingerprint density at radius 2 is 1.95 bits per heavy atom. The fraction of sp³-hybridized carbons (Fsp3) is 0.312. The summed E-state index contributed by atoms with van der Waals surface area (Å²) in [5, 5.41) is 0. The lowest BCUT2D eigenvalue weighted by Crippen LogP contribution is -2.17. The normalized spacial score (nSPS) is 12.2. The van der Waals surface area contributed by atoms with Crippen molar-refractivity contribution < 1.29 is 4.74 Å². The lowest BCUT2D eigenvalue weighted by molar-refractivity contribution is 0.296. The fourth-order valence-electron chi connectivity index (χ4n) is 2.05. The van der Waals surface area contributed by atoms with Crippen LogP contribution < -0.4 is 10.5 Å². The minimum atomic E-state index is 0.131. The highest BCUT2D eigenvalue weighted by atomic mass is 79.9. The molecule has 5 heteroatoms. The average molecular weight is 414 g/mol. The predicted octanol–water partition coefficient (Wildman–Crippen LogP) is 4.38. The first-order valence-corrected chi connectivity index (χ1v) is 8.32. The Kier molecular flexibility index (Phi) is 5.79. The van der Waals surface area contributed by atoms with E-state index >= 15 is 0 Å². The summed E-state index contributed by atoms with van der Waals surface area (Å²) in [6, 6.07) is 8.19. The molecule has 0 amide bonds. The van der Waals surface area contributed by atoms with E-state index in [0.717, 1.165) is 32.4 Å². The van der Waals surface area contributed by atoms with Gasteiger partial charge in [0.25, 0.3) is 0 Å². The van der Waals surface area contributed by atoms with E-state index in [0.29, 0.717) is 6.61 Å². The molecule has 2 N–H and O–H groups in total. The molecule has 0 bridgehead atoms. The van der Waals surface area contributed by atoms with Crippen LogP contribution in [0, 0.1) is 6.92 Å². The molecule has 0 aliphatic rings. The second-order valence-corrected chi connectivity index (χ2v) is 6.83. The third-order valence-electron chi connectivity index (χ3n) is 3.09. The topological polar surface area (TPSA) is 48.1 Å². The maximum absolute atomic E-state index is 5.91. The first-order valence-electron chi connectivity index (χ1n) is 6.74. The van der Waals surface area contributed by atoms with E-state index in [1.165, 1.54) is 5.56 Å². The van der Waals surface area contributed by atoms with Crippen LogP contribution in [0.4, 0.5) is 0 Å². The van der Waals surface area contributed by atoms with Gasteiger partial charge in [0.2, 0.25) is 0 Å². The minimum Gasteiger partial charge on any atom is -0.485 e. The SMILES string of the molecule is Cc1cccnc1COc1c(Br)cc(CC(C)N)cc1Br. The van der Waals surface area contributed by atoms with Gasteiger partial charge in [0.15, 0.2) is 0 Å². The maximum Gasteiger partial charge on any atom is 0.148 e. The maximum atomic E-state index is 5.91. The standard InChI is InChI=1S/C16H18Br2N2O/c1-10-4-3-5-20-15(10)9-21-16-13(17)7-12(6-11(2)19)8-14(16)18/h3-5,7-8,11H,6,9,19H2,1-2H3. The summed E-state index contributed by atoms with van der Waals surface area (Å²) in [6.45, 7) is 4.47. The van der Waals surface area contributed by atoms with Crippen LogP contribution in [0.3, 0.4) is 0 Å². The van der Waals surface area contributed by atoms with Gasteiger partial charge in [-0.1, -0.05) is 6.07 Å². The van der Waals surface area contributed by atoms with Crippen LogP contribution in [0.5, 0.6) is 5.75 Å². The van der Waals surface area contributed by atoms with Gasteiger partial charge in [0.05, 0.1) is 14.6 Å². The molecule has 0 aliphatic carbocycles. The van der Waals surface area contributed by atoms with E-state index in [1.54, 1.807) is 6.20 Å². The van der Waals surface area contributed by atoms with Crippen molar-refractivity contribution in [3.63, 3.8) is 0 Å². The summed E-state index contributed by atoms with van der Waals surface area (Å²) >= 11 is 7.13. The van der Waals surface area contributed by atoms with E-state index in [4.69, 9.17) is 10.5 Å². The highest BCUT2D eigenvalue weighted by Crippen LogP contribution is 2.35. The number of nitrogens with zero attached hydrogens (tertiary/aromatic N) is 1. The van der Waals surface area contributed by atoms with Crippen molar-refractivity contribution >= 4 is 31.9 Å². The molecule has 0 spiro atoms. The van der Waals surface area contributed by atoms with Crippen LogP contribution in [-0.2, 0) is 13.0 Å². The molecule has 1 heterocycles. The molecule has 2 rings (SSSR count). The van der Waals surface area contributed by atoms with Gasteiger partial charge in [0.1, 0.15) is 12.4 Å². The van der Waals surface area contributed by atoms with Crippen molar-refractivity contribution in [3.05, 3.63) is 56.2 Å². The molecule has 0 aliphatic heterocycles. The molecule has 1 atom stereocenters. The second kappa shape index (κ2) is 7.38. The van der Waals surface area contributed by atoms with Gasteiger partial charge >= 0.3 is 0 Å². The van der Waals surface area contributed by atoms with Crippen molar-refractivity contribution in [1.82, 2.24) is 4.98 Å². The molecule has 1 unspecified atom stereocenters. The Hall–Kier alpha value is -0.910. The smallest absolute Gasteiger partial charge is 0.148 e. The first kappa shape index (κ1) is 16.5. The molecular weight excluding hydrogens is 396 g/mol. The zero-order valence-electron chi connectivity index (χ0n) is 12.1. The van der Waals surface area contributed by atoms with Crippen LogP contribution in [0.15, 0.2) is 39.4 Å². The van der Waals surface area contributed by atoms with Crippen LogP contribution in [0.1, 0.15) is 23.7 Å². The Morgan fingerprint density at radius 1 is 1.29 bits per heavy atom. The lowest BCUT2D eigenvalue weighted by Gasteiger charge is -2.13. The molecule has 0 fully saturated rings. The first-order chi connectivity index (χ1) is 9.97. The number of nitrogens with two attached hydrogens (primary N) is 1. The van der Waals surface area contributed by atoms with Gasteiger partial charge < -0.3 is 10.5 Å². The minimum absolute atomic E-state index is 0.131. The molecule has 2 aromatic rings. The van der Waals surface area contributed by atoms with Gasteiger partial charge in [0, 0.05) is 12.2 Å². The van der Waals surface area contributed by atoms with Crippen molar-refractivity contribution in [3.8, 4) is 5.75 Å². The molecule has 0 radical (unpaired) electrons.